The fraction of sp³-hybridized carbons (Fsp3) is 0.0952. The summed E-state index contributed by atoms with van der Waals surface area (Å²) in [5, 5.41) is 16.1. The Bertz CT molecular complexity index is 945. The van der Waals surface area contributed by atoms with Gasteiger partial charge in [-0.05, 0) is 42.0 Å². The van der Waals surface area contributed by atoms with Crippen LogP contribution in [0, 0.1) is 0 Å². The lowest BCUT2D eigenvalue weighted by atomic mass is 10.1. The number of pyridine rings is 1. The van der Waals surface area contributed by atoms with Crippen LogP contribution in [0.25, 0.3) is 0 Å². The summed E-state index contributed by atoms with van der Waals surface area (Å²) in [6.07, 6.45) is 0.399. The van der Waals surface area contributed by atoms with Gasteiger partial charge in [0.2, 0.25) is 5.91 Å². The third-order valence-corrected chi connectivity index (χ3v) is 4.21. The highest BCUT2D eigenvalue weighted by Gasteiger charge is 2.13. The molecule has 28 heavy (non-hydrogen) atoms. The molecule has 1 heterocycles. The predicted octanol–water partition coefficient (Wildman–Crippen LogP) is 4.05. The van der Waals surface area contributed by atoms with E-state index in [0.29, 0.717) is 27.7 Å². The van der Waals surface area contributed by atoms with Gasteiger partial charge in [0.15, 0.2) is 0 Å². The second-order valence-electron chi connectivity index (χ2n) is 6.07. The molecule has 0 aliphatic rings. The number of anilines is 2. The average Bonchev–Trinajstić information content (AvgIpc) is 2.70. The molecule has 1 atom stereocenters. The highest BCUT2D eigenvalue weighted by Crippen LogP contribution is 2.20. The number of hydrogen-bond acceptors (Lipinski definition) is 4. The van der Waals surface area contributed by atoms with Crippen molar-refractivity contribution in [3.8, 4) is 0 Å². The Morgan fingerprint density at radius 2 is 1.68 bits per heavy atom. The highest BCUT2D eigenvalue weighted by molar-refractivity contribution is 6.30. The van der Waals surface area contributed by atoms with Crippen molar-refractivity contribution in [3.05, 3.63) is 89.1 Å². The minimum atomic E-state index is -0.936. The van der Waals surface area contributed by atoms with Crippen LogP contribution in [0.1, 0.15) is 28.4 Å². The quantitative estimate of drug-likeness (QED) is 0.587. The van der Waals surface area contributed by atoms with Gasteiger partial charge in [-0.15, -0.1) is 0 Å². The number of nitrogens with zero attached hydrogens (tertiary/aromatic N) is 1. The van der Waals surface area contributed by atoms with E-state index in [4.69, 9.17) is 11.6 Å². The zero-order chi connectivity index (χ0) is 19.9. The number of amides is 2. The summed E-state index contributed by atoms with van der Waals surface area (Å²) in [5.74, 6) is -0.255. The van der Waals surface area contributed by atoms with Crippen molar-refractivity contribution in [2.75, 3.05) is 10.6 Å². The van der Waals surface area contributed by atoms with Crippen molar-refractivity contribution in [1.29, 1.82) is 0 Å². The first-order valence-electron chi connectivity index (χ1n) is 8.57. The monoisotopic (exact) mass is 395 g/mol. The van der Waals surface area contributed by atoms with E-state index in [2.05, 4.69) is 15.6 Å². The van der Waals surface area contributed by atoms with Gasteiger partial charge in [-0.1, -0.05) is 41.9 Å². The molecule has 7 heteroatoms. The van der Waals surface area contributed by atoms with E-state index in [1.165, 1.54) is 6.20 Å². The summed E-state index contributed by atoms with van der Waals surface area (Å²) >= 11 is 5.81. The largest absolute Gasteiger partial charge is 0.388 e. The first-order valence-corrected chi connectivity index (χ1v) is 8.95. The fourth-order valence-corrected chi connectivity index (χ4v) is 2.64. The van der Waals surface area contributed by atoms with Crippen molar-refractivity contribution in [3.63, 3.8) is 0 Å². The van der Waals surface area contributed by atoms with Crippen molar-refractivity contribution < 1.29 is 14.7 Å². The maximum Gasteiger partial charge on any atom is 0.256 e. The van der Waals surface area contributed by atoms with Gasteiger partial charge in [0.25, 0.3) is 5.91 Å². The number of benzene rings is 2. The summed E-state index contributed by atoms with van der Waals surface area (Å²) in [5.41, 5.74) is 1.60. The Hall–Kier alpha value is -3.22. The zero-order valence-electron chi connectivity index (χ0n) is 14.8. The summed E-state index contributed by atoms with van der Waals surface area (Å²) < 4.78 is 0. The van der Waals surface area contributed by atoms with Crippen LogP contribution in [0.15, 0.2) is 72.9 Å². The van der Waals surface area contributed by atoms with Crippen molar-refractivity contribution in [2.45, 2.75) is 12.5 Å². The van der Waals surface area contributed by atoms with Crippen LogP contribution >= 0.6 is 11.6 Å². The second kappa shape index (κ2) is 9.12. The van der Waals surface area contributed by atoms with Crippen LogP contribution in [0.2, 0.25) is 5.02 Å². The minimum Gasteiger partial charge on any atom is -0.388 e. The van der Waals surface area contributed by atoms with E-state index >= 15 is 0 Å². The van der Waals surface area contributed by atoms with E-state index in [9.17, 15) is 14.7 Å². The van der Waals surface area contributed by atoms with Gasteiger partial charge in [0.05, 0.1) is 24.4 Å². The molecular formula is C21H18ClN3O3. The first-order chi connectivity index (χ1) is 13.5. The van der Waals surface area contributed by atoms with Gasteiger partial charge in [0, 0.05) is 10.6 Å². The third kappa shape index (κ3) is 5.39. The SMILES string of the molecule is O=C(C[C@H](O)c1ccc(Cl)cc1)Nc1ccc(NC(=O)c2ccccc2)nc1. The fourth-order valence-electron chi connectivity index (χ4n) is 2.51. The molecule has 2 amide bonds. The van der Waals surface area contributed by atoms with E-state index in [-0.39, 0.29) is 18.2 Å². The molecule has 0 bridgehead atoms. The van der Waals surface area contributed by atoms with Crippen LogP contribution in [0.5, 0.6) is 0 Å². The average molecular weight is 396 g/mol. The number of carbonyl (C=O) groups is 2. The number of hydrogen-bond donors (Lipinski definition) is 3. The molecule has 0 spiro atoms. The van der Waals surface area contributed by atoms with Crippen LogP contribution in [0.3, 0.4) is 0 Å². The molecule has 3 rings (SSSR count). The van der Waals surface area contributed by atoms with Gasteiger partial charge >= 0.3 is 0 Å². The molecule has 0 fully saturated rings. The molecule has 0 unspecified atom stereocenters. The molecule has 3 aromatic rings. The molecule has 6 nitrogen and oxygen atoms in total. The minimum absolute atomic E-state index is 0.103. The Kier molecular flexibility index (Phi) is 6.37. The molecule has 0 saturated carbocycles. The van der Waals surface area contributed by atoms with E-state index < -0.39 is 6.10 Å². The topological polar surface area (TPSA) is 91.3 Å². The molecule has 1 aromatic heterocycles. The molecule has 0 saturated heterocycles. The Labute approximate surface area is 167 Å². The van der Waals surface area contributed by atoms with Crippen molar-refractivity contribution in [1.82, 2.24) is 4.98 Å². The highest BCUT2D eigenvalue weighted by atomic mass is 35.5. The van der Waals surface area contributed by atoms with Gasteiger partial charge < -0.3 is 15.7 Å². The lowest BCUT2D eigenvalue weighted by molar-refractivity contribution is -0.118. The number of aliphatic hydroxyl groups is 1. The number of halogens is 1. The van der Waals surface area contributed by atoms with Crippen LogP contribution in [-0.4, -0.2) is 21.9 Å². The van der Waals surface area contributed by atoms with Gasteiger partial charge in [-0.3, -0.25) is 9.59 Å². The number of nitrogens with one attached hydrogen (secondary N) is 2. The summed E-state index contributed by atoms with van der Waals surface area (Å²) in [4.78, 5) is 28.3. The van der Waals surface area contributed by atoms with Crippen LogP contribution in [0.4, 0.5) is 11.5 Å². The Morgan fingerprint density at radius 1 is 0.964 bits per heavy atom. The van der Waals surface area contributed by atoms with Gasteiger partial charge in [-0.2, -0.15) is 0 Å². The molecular weight excluding hydrogens is 378 g/mol. The summed E-state index contributed by atoms with van der Waals surface area (Å²) in [6.45, 7) is 0. The molecule has 0 radical (unpaired) electrons. The van der Waals surface area contributed by atoms with Gasteiger partial charge in [-0.25, -0.2) is 4.98 Å². The number of carbonyl (C=O) groups excluding carboxylic acids is 2. The van der Waals surface area contributed by atoms with Gasteiger partial charge in [0.1, 0.15) is 5.82 Å². The van der Waals surface area contributed by atoms with Crippen LogP contribution < -0.4 is 10.6 Å². The molecule has 2 aromatic carbocycles. The van der Waals surface area contributed by atoms with E-state index in [0.717, 1.165) is 0 Å². The van der Waals surface area contributed by atoms with Crippen molar-refractivity contribution >= 4 is 34.9 Å². The molecule has 142 valence electrons. The lowest BCUT2D eigenvalue weighted by Gasteiger charge is -2.11. The zero-order valence-corrected chi connectivity index (χ0v) is 15.6. The first kappa shape index (κ1) is 19.5. The molecule has 3 N–H and O–H groups in total. The summed E-state index contributed by atoms with van der Waals surface area (Å²) in [7, 11) is 0. The van der Waals surface area contributed by atoms with Crippen LogP contribution in [-0.2, 0) is 4.79 Å². The Balaban J connectivity index is 1.54. The predicted molar refractivity (Wildman–Crippen MR) is 108 cm³/mol. The number of aromatic nitrogens is 1. The Morgan fingerprint density at radius 3 is 2.32 bits per heavy atom. The smallest absolute Gasteiger partial charge is 0.256 e. The van der Waals surface area contributed by atoms with E-state index in [1.54, 1.807) is 60.7 Å². The van der Waals surface area contributed by atoms with E-state index in [1.807, 2.05) is 6.07 Å². The normalized spacial score (nSPS) is 11.5. The van der Waals surface area contributed by atoms with Crippen molar-refractivity contribution in [2.24, 2.45) is 0 Å². The summed E-state index contributed by atoms with van der Waals surface area (Å²) in [6, 6.07) is 18.7. The second-order valence-corrected chi connectivity index (χ2v) is 6.51. The standard InChI is InChI=1S/C21H18ClN3O3/c22-16-8-6-14(7-9-16)18(26)12-20(27)24-17-10-11-19(23-13-17)25-21(28)15-4-2-1-3-5-15/h1-11,13,18,26H,12H2,(H,24,27)(H,23,25,28)/t18-/m0/s1. The maximum atomic E-state index is 12.1. The lowest BCUT2D eigenvalue weighted by Crippen LogP contribution is -2.16. The maximum absolute atomic E-state index is 12.1. The third-order valence-electron chi connectivity index (χ3n) is 3.96. The molecule has 0 aliphatic carbocycles. The molecule has 0 aliphatic heterocycles. The number of aliphatic hydroxyl groups excluding tert-OH is 1. The number of rotatable bonds is 6.